The molecule has 2 aromatic carbocycles. The highest BCUT2D eigenvalue weighted by atomic mass is 19.4. The van der Waals surface area contributed by atoms with E-state index in [2.05, 4.69) is 10.6 Å². The van der Waals surface area contributed by atoms with Gasteiger partial charge in [-0.15, -0.1) is 0 Å². The third-order valence-electron chi connectivity index (χ3n) is 3.50. The smallest absolute Gasteiger partial charge is 0.416 e. The van der Waals surface area contributed by atoms with Gasteiger partial charge in [0.25, 0.3) is 0 Å². The van der Waals surface area contributed by atoms with Gasteiger partial charge in [0.05, 0.1) is 31.0 Å². The van der Waals surface area contributed by atoms with Crippen LogP contribution >= 0.6 is 0 Å². The van der Waals surface area contributed by atoms with E-state index >= 15 is 0 Å². The Bertz CT molecular complexity index is 762. The number of carbonyl (C=O) groups is 1. The number of carbonyl (C=O) groups excluding carboxylic acids is 1. The lowest BCUT2D eigenvalue weighted by molar-refractivity contribution is -0.137. The van der Waals surface area contributed by atoms with E-state index in [-0.39, 0.29) is 12.5 Å². The minimum Gasteiger partial charge on any atom is -0.494 e. The minimum absolute atomic E-state index is 0.115. The van der Waals surface area contributed by atoms with Crippen LogP contribution in [0.3, 0.4) is 0 Å². The third-order valence-corrected chi connectivity index (χ3v) is 3.50. The van der Waals surface area contributed by atoms with E-state index in [4.69, 9.17) is 9.47 Å². The van der Waals surface area contributed by atoms with Crippen LogP contribution in [0.2, 0.25) is 0 Å². The summed E-state index contributed by atoms with van der Waals surface area (Å²) in [5.41, 5.74) is 0.125. The molecular formula is C19H21F3N2O3. The van der Waals surface area contributed by atoms with E-state index in [0.29, 0.717) is 36.1 Å². The maximum absolute atomic E-state index is 12.6. The Morgan fingerprint density at radius 1 is 1.00 bits per heavy atom. The Morgan fingerprint density at radius 3 is 2.26 bits per heavy atom. The Hall–Kier alpha value is -2.90. The van der Waals surface area contributed by atoms with Gasteiger partial charge in [-0.1, -0.05) is 0 Å². The van der Waals surface area contributed by atoms with Gasteiger partial charge < -0.3 is 20.1 Å². The minimum atomic E-state index is -4.39. The zero-order chi connectivity index (χ0) is 19.9. The maximum Gasteiger partial charge on any atom is 0.416 e. The predicted molar refractivity (Wildman–Crippen MR) is 97.3 cm³/mol. The molecule has 146 valence electrons. The summed E-state index contributed by atoms with van der Waals surface area (Å²) in [4.78, 5) is 12.2. The number of amides is 1. The van der Waals surface area contributed by atoms with Gasteiger partial charge in [0, 0.05) is 11.8 Å². The van der Waals surface area contributed by atoms with E-state index in [9.17, 15) is 18.0 Å². The Labute approximate surface area is 155 Å². The van der Waals surface area contributed by atoms with Crippen molar-refractivity contribution >= 4 is 17.3 Å². The molecule has 0 saturated heterocycles. The molecule has 8 heteroatoms. The molecule has 0 aromatic heterocycles. The molecule has 0 fully saturated rings. The average Bonchev–Trinajstić information content (AvgIpc) is 2.62. The number of alkyl halides is 3. The Morgan fingerprint density at radius 2 is 1.67 bits per heavy atom. The highest BCUT2D eigenvalue weighted by Gasteiger charge is 2.29. The molecule has 2 aromatic rings. The second-order valence-corrected chi connectivity index (χ2v) is 5.50. The average molecular weight is 382 g/mol. The fourth-order valence-electron chi connectivity index (χ4n) is 2.30. The van der Waals surface area contributed by atoms with Crippen molar-refractivity contribution in [1.82, 2.24) is 0 Å². The Kier molecular flexibility index (Phi) is 6.92. The van der Waals surface area contributed by atoms with Crippen LogP contribution in [0, 0.1) is 0 Å². The molecule has 0 unspecified atom stereocenters. The zero-order valence-corrected chi connectivity index (χ0v) is 15.0. The van der Waals surface area contributed by atoms with E-state index in [0.717, 1.165) is 12.1 Å². The first-order valence-corrected chi connectivity index (χ1v) is 8.44. The fraction of sp³-hybridized carbons (Fsp3) is 0.316. The van der Waals surface area contributed by atoms with Crippen LogP contribution in [0.4, 0.5) is 24.5 Å². The number of rotatable bonds is 8. The van der Waals surface area contributed by atoms with Gasteiger partial charge in [-0.05, 0) is 50.2 Å². The topological polar surface area (TPSA) is 59.6 Å². The SMILES string of the molecule is CCOc1ccc(OCC)c(NC(=O)CNc2ccc(C(F)(F)F)cc2)c1. The van der Waals surface area contributed by atoms with Gasteiger partial charge in [0.15, 0.2) is 0 Å². The van der Waals surface area contributed by atoms with Gasteiger partial charge in [0.1, 0.15) is 11.5 Å². The molecule has 0 saturated carbocycles. The largest absolute Gasteiger partial charge is 0.494 e. The molecule has 2 rings (SSSR count). The molecular weight excluding hydrogens is 361 g/mol. The number of hydrogen-bond acceptors (Lipinski definition) is 4. The van der Waals surface area contributed by atoms with Gasteiger partial charge in [-0.25, -0.2) is 0 Å². The van der Waals surface area contributed by atoms with Crippen molar-refractivity contribution in [3.8, 4) is 11.5 Å². The van der Waals surface area contributed by atoms with E-state index in [1.165, 1.54) is 12.1 Å². The number of halogens is 3. The van der Waals surface area contributed by atoms with Crippen molar-refractivity contribution in [3.63, 3.8) is 0 Å². The third kappa shape index (κ3) is 6.09. The van der Waals surface area contributed by atoms with E-state index in [1.807, 2.05) is 13.8 Å². The predicted octanol–water partition coefficient (Wildman–Crippen LogP) is 4.55. The number of anilines is 2. The first-order chi connectivity index (χ1) is 12.8. The quantitative estimate of drug-likeness (QED) is 0.703. The second-order valence-electron chi connectivity index (χ2n) is 5.50. The van der Waals surface area contributed by atoms with Crippen LogP contribution in [0.1, 0.15) is 19.4 Å². The maximum atomic E-state index is 12.6. The zero-order valence-electron chi connectivity index (χ0n) is 15.0. The lowest BCUT2D eigenvalue weighted by Gasteiger charge is -2.14. The highest BCUT2D eigenvalue weighted by Crippen LogP contribution is 2.30. The normalized spacial score (nSPS) is 11.0. The van der Waals surface area contributed by atoms with Crippen molar-refractivity contribution in [3.05, 3.63) is 48.0 Å². The van der Waals surface area contributed by atoms with Gasteiger partial charge in [-0.2, -0.15) is 13.2 Å². The van der Waals surface area contributed by atoms with E-state index < -0.39 is 11.7 Å². The molecule has 0 atom stereocenters. The second kappa shape index (κ2) is 9.16. The summed E-state index contributed by atoms with van der Waals surface area (Å²) in [6, 6.07) is 9.56. The summed E-state index contributed by atoms with van der Waals surface area (Å²) in [5, 5.41) is 5.50. The molecule has 0 spiro atoms. The molecule has 0 aliphatic heterocycles. The van der Waals surface area contributed by atoms with E-state index in [1.54, 1.807) is 18.2 Å². The van der Waals surface area contributed by atoms with Crippen molar-refractivity contribution in [2.45, 2.75) is 20.0 Å². The van der Waals surface area contributed by atoms with Crippen LogP contribution in [-0.2, 0) is 11.0 Å². The lowest BCUT2D eigenvalue weighted by atomic mass is 10.2. The van der Waals surface area contributed by atoms with Crippen molar-refractivity contribution in [1.29, 1.82) is 0 Å². The number of benzene rings is 2. The first kappa shape index (κ1) is 20.4. The molecule has 1 amide bonds. The van der Waals surface area contributed by atoms with Crippen molar-refractivity contribution in [2.75, 3.05) is 30.4 Å². The summed E-state index contributed by atoms with van der Waals surface area (Å²) in [6.45, 7) is 4.48. The molecule has 0 heterocycles. The summed E-state index contributed by atoms with van der Waals surface area (Å²) in [7, 11) is 0. The van der Waals surface area contributed by atoms with Crippen molar-refractivity contribution in [2.24, 2.45) is 0 Å². The van der Waals surface area contributed by atoms with Crippen LogP contribution < -0.4 is 20.1 Å². The van der Waals surface area contributed by atoms with Gasteiger partial charge in [0.2, 0.25) is 5.91 Å². The summed E-state index contributed by atoms with van der Waals surface area (Å²) in [6.07, 6.45) is -4.39. The van der Waals surface area contributed by atoms with Gasteiger partial charge in [-0.3, -0.25) is 4.79 Å². The number of nitrogens with one attached hydrogen (secondary N) is 2. The molecule has 0 bridgehead atoms. The summed E-state index contributed by atoms with van der Waals surface area (Å²) < 4.78 is 48.6. The van der Waals surface area contributed by atoms with Crippen LogP contribution in [-0.4, -0.2) is 25.7 Å². The standard InChI is InChI=1S/C19H21F3N2O3/c1-3-26-15-9-10-17(27-4-2)16(11-15)24-18(25)12-23-14-7-5-13(6-8-14)19(20,21)22/h5-11,23H,3-4,12H2,1-2H3,(H,24,25). The summed E-state index contributed by atoms with van der Waals surface area (Å²) >= 11 is 0. The number of hydrogen-bond donors (Lipinski definition) is 2. The molecule has 0 radical (unpaired) electrons. The summed E-state index contributed by atoms with van der Waals surface area (Å²) in [5.74, 6) is 0.722. The molecule has 27 heavy (non-hydrogen) atoms. The number of ether oxygens (including phenoxy) is 2. The fourth-order valence-corrected chi connectivity index (χ4v) is 2.30. The molecule has 5 nitrogen and oxygen atoms in total. The monoisotopic (exact) mass is 382 g/mol. The van der Waals surface area contributed by atoms with Crippen LogP contribution in [0.5, 0.6) is 11.5 Å². The Balaban J connectivity index is 1.99. The van der Waals surface area contributed by atoms with Gasteiger partial charge >= 0.3 is 6.18 Å². The molecule has 2 N–H and O–H groups in total. The highest BCUT2D eigenvalue weighted by molar-refractivity contribution is 5.95. The van der Waals surface area contributed by atoms with Crippen molar-refractivity contribution < 1.29 is 27.4 Å². The lowest BCUT2D eigenvalue weighted by Crippen LogP contribution is -2.22. The van der Waals surface area contributed by atoms with Crippen LogP contribution in [0.15, 0.2) is 42.5 Å². The molecule has 0 aliphatic carbocycles. The molecule has 0 aliphatic rings. The van der Waals surface area contributed by atoms with Crippen LogP contribution in [0.25, 0.3) is 0 Å². The first-order valence-electron chi connectivity index (χ1n) is 8.44.